The quantitative estimate of drug-likeness (QED) is 0.772. The summed E-state index contributed by atoms with van der Waals surface area (Å²) in [7, 11) is 1.69. The van der Waals surface area contributed by atoms with Crippen molar-refractivity contribution >= 4 is 18.1 Å². The van der Waals surface area contributed by atoms with Gasteiger partial charge in [-0.2, -0.15) is 0 Å². The van der Waals surface area contributed by atoms with Crippen LogP contribution in [0.5, 0.6) is 0 Å². The molecule has 5 rings (SSSR count). The van der Waals surface area contributed by atoms with Crippen molar-refractivity contribution in [2.24, 2.45) is 5.41 Å². The van der Waals surface area contributed by atoms with Gasteiger partial charge in [-0.15, -0.1) is 0 Å². The molecule has 0 aromatic rings. The van der Waals surface area contributed by atoms with Gasteiger partial charge in [0.1, 0.15) is 5.60 Å². The van der Waals surface area contributed by atoms with Gasteiger partial charge in [0.15, 0.2) is 6.04 Å². The van der Waals surface area contributed by atoms with E-state index in [1.54, 1.807) is 32.8 Å². The maximum absolute atomic E-state index is 13.0. The van der Waals surface area contributed by atoms with Gasteiger partial charge in [-0.3, -0.25) is 4.90 Å². The molecule has 2 aliphatic heterocycles. The maximum Gasteiger partial charge on any atom is 0.411 e. The van der Waals surface area contributed by atoms with Crippen molar-refractivity contribution in [3.05, 3.63) is 0 Å². The summed E-state index contributed by atoms with van der Waals surface area (Å²) in [6, 6.07) is -1.76. The second-order valence-corrected chi connectivity index (χ2v) is 9.80. The summed E-state index contributed by atoms with van der Waals surface area (Å²) in [6.07, 6.45) is 2.09. The SMILES string of the molecule is COCC12CC(N3CC4C(C(=O)O)N(C(=O)OC(C)(C)C)CCN4C3=O)(C1)C2. The highest BCUT2D eigenvalue weighted by molar-refractivity contribution is 5.86. The van der Waals surface area contributed by atoms with Crippen LogP contribution in [0, 0.1) is 5.41 Å². The lowest BCUT2D eigenvalue weighted by Gasteiger charge is -2.73. The Morgan fingerprint density at radius 3 is 2.39 bits per heavy atom. The number of methoxy groups -OCH3 is 1. The lowest BCUT2D eigenvalue weighted by atomic mass is 9.39. The average molecular weight is 395 g/mol. The van der Waals surface area contributed by atoms with Crippen molar-refractivity contribution in [1.82, 2.24) is 14.7 Å². The predicted octanol–water partition coefficient (Wildman–Crippen LogP) is 1.37. The van der Waals surface area contributed by atoms with Crippen LogP contribution in [0.15, 0.2) is 0 Å². The predicted molar refractivity (Wildman–Crippen MR) is 97.9 cm³/mol. The van der Waals surface area contributed by atoms with Gasteiger partial charge in [0.2, 0.25) is 0 Å². The van der Waals surface area contributed by atoms with E-state index in [4.69, 9.17) is 9.47 Å². The lowest BCUT2D eigenvalue weighted by Crippen LogP contribution is -2.76. The number of urea groups is 1. The van der Waals surface area contributed by atoms with Crippen LogP contribution < -0.4 is 0 Å². The van der Waals surface area contributed by atoms with E-state index in [9.17, 15) is 19.5 Å². The molecule has 5 aliphatic rings. The molecule has 2 unspecified atom stereocenters. The number of hydrogen-bond donors (Lipinski definition) is 1. The fraction of sp³-hybridized carbons (Fsp3) is 0.842. The van der Waals surface area contributed by atoms with Crippen LogP contribution in [0.3, 0.4) is 0 Å². The minimum atomic E-state index is -1.11. The topological polar surface area (TPSA) is 99.6 Å². The van der Waals surface area contributed by atoms with Crippen LogP contribution in [-0.2, 0) is 14.3 Å². The number of carbonyl (C=O) groups excluding carboxylic acids is 2. The molecule has 0 aromatic carbocycles. The molecule has 2 saturated heterocycles. The Balaban J connectivity index is 1.51. The summed E-state index contributed by atoms with van der Waals surface area (Å²) in [5, 5.41) is 9.85. The Labute approximate surface area is 164 Å². The monoisotopic (exact) mass is 395 g/mol. The molecule has 9 nitrogen and oxygen atoms in total. The Kier molecular flexibility index (Phi) is 4.12. The molecule has 3 aliphatic carbocycles. The van der Waals surface area contributed by atoms with Crippen molar-refractivity contribution in [3.63, 3.8) is 0 Å². The average Bonchev–Trinajstić information content (AvgIpc) is 2.83. The van der Waals surface area contributed by atoms with Crippen LogP contribution in [0.2, 0.25) is 0 Å². The third-order valence-corrected chi connectivity index (χ3v) is 6.54. The van der Waals surface area contributed by atoms with E-state index in [1.165, 1.54) is 4.90 Å². The molecule has 1 N–H and O–H groups in total. The number of aliphatic carboxylic acids is 1. The molecule has 2 bridgehead atoms. The summed E-state index contributed by atoms with van der Waals surface area (Å²) >= 11 is 0. The molecule has 156 valence electrons. The summed E-state index contributed by atoms with van der Waals surface area (Å²) in [6.45, 7) is 6.75. The summed E-state index contributed by atoms with van der Waals surface area (Å²) in [5.74, 6) is -1.11. The van der Waals surface area contributed by atoms with Gasteiger partial charge < -0.3 is 24.4 Å². The van der Waals surface area contributed by atoms with Crippen molar-refractivity contribution in [2.45, 2.75) is 63.3 Å². The van der Waals surface area contributed by atoms with E-state index in [-0.39, 0.29) is 23.5 Å². The molecule has 9 heteroatoms. The van der Waals surface area contributed by atoms with E-state index in [2.05, 4.69) is 0 Å². The van der Waals surface area contributed by atoms with Crippen LogP contribution in [0.25, 0.3) is 0 Å². The number of carbonyl (C=O) groups is 3. The van der Waals surface area contributed by atoms with Crippen LogP contribution in [0.4, 0.5) is 9.59 Å². The first-order valence-electron chi connectivity index (χ1n) is 9.81. The van der Waals surface area contributed by atoms with Gasteiger partial charge in [0, 0.05) is 37.7 Å². The van der Waals surface area contributed by atoms with Gasteiger partial charge in [-0.05, 0) is 40.0 Å². The molecular formula is C19H29N3O6. The highest BCUT2D eigenvalue weighted by atomic mass is 16.6. The molecule has 28 heavy (non-hydrogen) atoms. The van der Waals surface area contributed by atoms with Gasteiger partial charge in [0.05, 0.1) is 12.6 Å². The third-order valence-electron chi connectivity index (χ3n) is 6.54. The van der Waals surface area contributed by atoms with Crippen molar-refractivity contribution < 1.29 is 29.0 Å². The highest BCUT2D eigenvalue weighted by Gasteiger charge is 2.73. The van der Waals surface area contributed by atoms with E-state index < -0.39 is 29.7 Å². The lowest BCUT2D eigenvalue weighted by molar-refractivity contribution is -0.222. The largest absolute Gasteiger partial charge is 0.480 e. The Bertz CT molecular complexity index is 697. The summed E-state index contributed by atoms with van der Waals surface area (Å²) < 4.78 is 10.7. The first-order valence-corrected chi connectivity index (χ1v) is 9.81. The number of carboxylic acid groups (broad SMARTS) is 1. The smallest absolute Gasteiger partial charge is 0.411 e. The minimum absolute atomic E-state index is 0.106. The number of nitrogens with zero attached hydrogens (tertiary/aromatic N) is 3. The molecule has 5 fully saturated rings. The number of fused-ring (bicyclic) bond motifs is 1. The van der Waals surface area contributed by atoms with Gasteiger partial charge in [-0.1, -0.05) is 0 Å². The van der Waals surface area contributed by atoms with Crippen molar-refractivity contribution in [1.29, 1.82) is 0 Å². The fourth-order valence-electron chi connectivity index (χ4n) is 5.66. The number of ether oxygens (including phenoxy) is 2. The van der Waals surface area contributed by atoms with Crippen molar-refractivity contribution in [3.8, 4) is 0 Å². The van der Waals surface area contributed by atoms with E-state index in [0.717, 1.165) is 19.3 Å². The first-order chi connectivity index (χ1) is 13.0. The van der Waals surface area contributed by atoms with E-state index >= 15 is 0 Å². The van der Waals surface area contributed by atoms with Crippen LogP contribution in [0.1, 0.15) is 40.0 Å². The molecule has 0 spiro atoms. The van der Waals surface area contributed by atoms with E-state index in [0.29, 0.717) is 19.7 Å². The van der Waals surface area contributed by atoms with Crippen LogP contribution >= 0.6 is 0 Å². The van der Waals surface area contributed by atoms with Gasteiger partial charge >= 0.3 is 18.1 Å². The summed E-state index contributed by atoms with van der Waals surface area (Å²) in [5.41, 5.74) is -0.685. The second kappa shape index (κ2) is 5.98. The minimum Gasteiger partial charge on any atom is -0.480 e. The highest BCUT2D eigenvalue weighted by Crippen LogP contribution is 2.70. The molecule has 0 aromatic heterocycles. The fourth-order valence-corrected chi connectivity index (χ4v) is 5.66. The Morgan fingerprint density at radius 1 is 1.21 bits per heavy atom. The standard InChI is InChI=1S/C19H29N3O6/c1-17(2,3)28-16(26)21-6-5-20-12(13(21)14(23)24)7-22(15(20)25)19-8-18(9-19,10-19)11-27-4/h12-13H,5-11H2,1-4H3,(H,23,24). The number of carboxylic acids is 1. The maximum atomic E-state index is 13.0. The Hall–Kier alpha value is -2.03. The zero-order valence-corrected chi connectivity index (χ0v) is 16.9. The number of rotatable bonds is 4. The Morgan fingerprint density at radius 2 is 1.86 bits per heavy atom. The molecule has 0 radical (unpaired) electrons. The third kappa shape index (κ3) is 2.74. The van der Waals surface area contributed by atoms with Crippen LogP contribution in [-0.4, -0.2) is 94.5 Å². The van der Waals surface area contributed by atoms with Gasteiger partial charge in [-0.25, -0.2) is 14.4 Å². The zero-order chi connectivity index (χ0) is 20.5. The molecule has 3 amide bonds. The number of amides is 3. The zero-order valence-electron chi connectivity index (χ0n) is 16.9. The second-order valence-electron chi connectivity index (χ2n) is 9.80. The van der Waals surface area contributed by atoms with E-state index in [1.807, 2.05) is 4.90 Å². The summed E-state index contributed by atoms with van der Waals surface area (Å²) in [4.78, 5) is 42.4. The molecule has 2 heterocycles. The molecular weight excluding hydrogens is 366 g/mol. The van der Waals surface area contributed by atoms with Crippen molar-refractivity contribution in [2.75, 3.05) is 33.4 Å². The normalized spacial score (nSPS) is 36.6. The molecule has 2 atom stereocenters. The number of piperazine rings is 1. The van der Waals surface area contributed by atoms with Gasteiger partial charge in [0.25, 0.3) is 0 Å². The first kappa shape index (κ1) is 19.3. The number of hydrogen-bond acceptors (Lipinski definition) is 5. The molecule has 3 saturated carbocycles.